The molecule has 1 fully saturated rings. The van der Waals surface area contributed by atoms with Crippen molar-refractivity contribution >= 4 is 11.9 Å². The molecule has 2 atom stereocenters. The van der Waals surface area contributed by atoms with Gasteiger partial charge in [0.1, 0.15) is 0 Å². The zero-order chi connectivity index (χ0) is 11.3. The van der Waals surface area contributed by atoms with Gasteiger partial charge in [-0.05, 0) is 31.1 Å². The van der Waals surface area contributed by atoms with Crippen LogP contribution in [0.4, 0.5) is 0 Å². The van der Waals surface area contributed by atoms with Crippen molar-refractivity contribution in [3.8, 4) is 0 Å². The lowest BCUT2D eigenvalue weighted by atomic mass is 9.78. The predicted octanol–water partition coefficient (Wildman–Crippen LogP) is 1.83. The van der Waals surface area contributed by atoms with Crippen molar-refractivity contribution in [3.63, 3.8) is 0 Å². The van der Waals surface area contributed by atoms with E-state index in [-0.39, 0.29) is 18.3 Å². The van der Waals surface area contributed by atoms with Gasteiger partial charge in [0, 0.05) is 12.8 Å². The molecule has 0 aromatic heterocycles. The summed E-state index contributed by atoms with van der Waals surface area (Å²) >= 11 is 0. The summed E-state index contributed by atoms with van der Waals surface area (Å²) in [7, 11) is 1.39. The van der Waals surface area contributed by atoms with Gasteiger partial charge in [0.15, 0.2) is 0 Å². The van der Waals surface area contributed by atoms with Crippen LogP contribution < -0.4 is 0 Å². The second-order valence-electron chi connectivity index (χ2n) is 4.28. The van der Waals surface area contributed by atoms with Gasteiger partial charge in [-0.1, -0.05) is 6.42 Å². The van der Waals surface area contributed by atoms with Crippen LogP contribution in [0, 0.1) is 11.8 Å². The number of hydrogen-bond acceptors (Lipinski definition) is 3. The lowest BCUT2D eigenvalue weighted by Gasteiger charge is -2.27. The minimum absolute atomic E-state index is 0.184. The summed E-state index contributed by atoms with van der Waals surface area (Å²) in [6, 6.07) is 0. The maximum Gasteiger partial charge on any atom is 0.305 e. The predicted molar refractivity (Wildman–Crippen MR) is 54.3 cm³/mol. The molecule has 1 aliphatic carbocycles. The lowest BCUT2D eigenvalue weighted by Crippen LogP contribution is -2.20. The van der Waals surface area contributed by atoms with Gasteiger partial charge >= 0.3 is 11.9 Å². The van der Waals surface area contributed by atoms with Gasteiger partial charge in [0.25, 0.3) is 0 Å². The van der Waals surface area contributed by atoms with Crippen molar-refractivity contribution in [2.75, 3.05) is 7.11 Å². The van der Waals surface area contributed by atoms with Crippen LogP contribution in [0.2, 0.25) is 0 Å². The normalized spacial score (nSPS) is 25.9. The van der Waals surface area contributed by atoms with Gasteiger partial charge in [-0.2, -0.15) is 0 Å². The van der Waals surface area contributed by atoms with Crippen LogP contribution in [0.5, 0.6) is 0 Å². The second kappa shape index (κ2) is 5.73. The molecule has 4 nitrogen and oxygen atoms in total. The first-order chi connectivity index (χ1) is 7.11. The molecule has 0 bridgehead atoms. The minimum atomic E-state index is -0.737. The van der Waals surface area contributed by atoms with Crippen molar-refractivity contribution in [2.45, 2.75) is 38.5 Å². The average Bonchev–Trinajstić information content (AvgIpc) is 2.17. The fourth-order valence-electron chi connectivity index (χ4n) is 2.34. The number of carbonyl (C=O) groups excluding carboxylic acids is 1. The average molecular weight is 214 g/mol. The van der Waals surface area contributed by atoms with E-state index >= 15 is 0 Å². The monoisotopic (exact) mass is 214 g/mol. The first kappa shape index (κ1) is 12.0. The topological polar surface area (TPSA) is 63.6 Å². The molecule has 0 heterocycles. The third-order valence-corrected chi connectivity index (χ3v) is 3.04. The Balaban J connectivity index is 2.35. The summed E-state index contributed by atoms with van der Waals surface area (Å²) in [6.07, 6.45) is 4.54. The Hall–Kier alpha value is -1.06. The van der Waals surface area contributed by atoms with Gasteiger partial charge in [0.05, 0.1) is 7.11 Å². The number of hydrogen-bond donors (Lipinski definition) is 1. The first-order valence-corrected chi connectivity index (χ1v) is 5.40. The molecule has 0 aromatic carbocycles. The summed E-state index contributed by atoms with van der Waals surface area (Å²) in [4.78, 5) is 21.6. The zero-order valence-electron chi connectivity index (χ0n) is 9.07. The number of rotatable bonds is 4. The molecular formula is C11H18O4. The molecule has 0 aliphatic heterocycles. The van der Waals surface area contributed by atoms with E-state index in [1.165, 1.54) is 7.11 Å². The van der Waals surface area contributed by atoms with E-state index in [0.29, 0.717) is 12.3 Å². The van der Waals surface area contributed by atoms with Crippen LogP contribution in [-0.4, -0.2) is 24.2 Å². The van der Waals surface area contributed by atoms with Crippen LogP contribution in [0.15, 0.2) is 0 Å². The van der Waals surface area contributed by atoms with E-state index in [9.17, 15) is 9.59 Å². The molecule has 15 heavy (non-hydrogen) atoms. The van der Waals surface area contributed by atoms with Crippen LogP contribution in [0.1, 0.15) is 38.5 Å². The Kier molecular flexibility index (Phi) is 4.59. The van der Waals surface area contributed by atoms with E-state index in [1.807, 2.05) is 0 Å². The molecule has 0 aromatic rings. The Labute approximate surface area is 89.6 Å². The highest BCUT2D eigenvalue weighted by Gasteiger charge is 2.25. The third kappa shape index (κ3) is 4.32. The van der Waals surface area contributed by atoms with Crippen molar-refractivity contribution in [1.29, 1.82) is 0 Å². The number of methoxy groups -OCH3 is 1. The van der Waals surface area contributed by atoms with E-state index < -0.39 is 5.97 Å². The number of carboxylic acid groups (broad SMARTS) is 1. The Bertz CT molecular complexity index is 237. The molecule has 0 saturated heterocycles. The molecule has 0 radical (unpaired) electrons. The van der Waals surface area contributed by atoms with Crippen molar-refractivity contribution < 1.29 is 19.4 Å². The Morgan fingerprint density at radius 2 is 1.87 bits per heavy atom. The molecule has 1 N–H and O–H groups in total. The molecular weight excluding hydrogens is 196 g/mol. The standard InChI is InChI=1S/C11H18O4/c1-15-11(14)7-9-4-2-3-8(5-9)6-10(12)13/h8-9H,2-7H2,1H3,(H,12,13). The van der Waals surface area contributed by atoms with Gasteiger partial charge in [-0.25, -0.2) is 0 Å². The number of aliphatic carboxylic acids is 1. The van der Waals surface area contributed by atoms with Crippen LogP contribution in [0.25, 0.3) is 0 Å². The summed E-state index contributed by atoms with van der Waals surface area (Å²) in [5.41, 5.74) is 0. The number of carbonyl (C=O) groups is 2. The highest BCUT2D eigenvalue weighted by Crippen LogP contribution is 2.33. The van der Waals surface area contributed by atoms with Crippen LogP contribution >= 0.6 is 0 Å². The highest BCUT2D eigenvalue weighted by atomic mass is 16.5. The molecule has 4 heteroatoms. The molecule has 1 saturated carbocycles. The number of ether oxygens (including phenoxy) is 1. The Morgan fingerprint density at radius 3 is 2.40 bits per heavy atom. The largest absolute Gasteiger partial charge is 0.481 e. The molecule has 86 valence electrons. The summed E-state index contributed by atoms with van der Waals surface area (Å²) < 4.78 is 4.61. The second-order valence-corrected chi connectivity index (χ2v) is 4.28. The fourth-order valence-corrected chi connectivity index (χ4v) is 2.34. The highest BCUT2D eigenvalue weighted by molar-refractivity contribution is 5.69. The maximum absolute atomic E-state index is 11.1. The minimum Gasteiger partial charge on any atom is -0.481 e. The van der Waals surface area contributed by atoms with Crippen molar-refractivity contribution in [1.82, 2.24) is 0 Å². The van der Waals surface area contributed by atoms with Gasteiger partial charge in [-0.15, -0.1) is 0 Å². The molecule has 0 amide bonds. The van der Waals surface area contributed by atoms with Crippen LogP contribution in [-0.2, 0) is 14.3 Å². The van der Waals surface area contributed by atoms with Crippen LogP contribution in [0.3, 0.4) is 0 Å². The zero-order valence-corrected chi connectivity index (χ0v) is 9.07. The summed E-state index contributed by atoms with van der Waals surface area (Å²) in [6.45, 7) is 0. The lowest BCUT2D eigenvalue weighted by molar-refractivity contribution is -0.142. The van der Waals surface area contributed by atoms with Crippen molar-refractivity contribution in [3.05, 3.63) is 0 Å². The van der Waals surface area contributed by atoms with Gasteiger partial charge in [-0.3, -0.25) is 9.59 Å². The van der Waals surface area contributed by atoms with E-state index in [4.69, 9.17) is 5.11 Å². The third-order valence-electron chi connectivity index (χ3n) is 3.04. The van der Waals surface area contributed by atoms with E-state index in [0.717, 1.165) is 25.7 Å². The fraction of sp³-hybridized carbons (Fsp3) is 0.818. The maximum atomic E-state index is 11.1. The quantitative estimate of drug-likeness (QED) is 0.725. The summed E-state index contributed by atoms with van der Waals surface area (Å²) in [5, 5.41) is 8.69. The molecule has 2 unspecified atom stereocenters. The van der Waals surface area contributed by atoms with E-state index in [2.05, 4.69) is 4.74 Å². The smallest absolute Gasteiger partial charge is 0.305 e. The molecule has 0 spiro atoms. The molecule has 1 aliphatic rings. The SMILES string of the molecule is COC(=O)CC1CCCC(CC(=O)O)C1. The van der Waals surface area contributed by atoms with Gasteiger partial charge < -0.3 is 9.84 Å². The Morgan fingerprint density at radius 1 is 1.27 bits per heavy atom. The number of esters is 1. The first-order valence-electron chi connectivity index (χ1n) is 5.40. The van der Waals surface area contributed by atoms with E-state index in [1.54, 1.807) is 0 Å². The van der Waals surface area contributed by atoms with Crippen molar-refractivity contribution in [2.24, 2.45) is 11.8 Å². The number of carboxylic acids is 1. The summed E-state index contributed by atoms with van der Waals surface area (Å²) in [5.74, 6) is -0.365. The molecule has 1 rings (SSSR count). The van der Waals surface area contributed by atoms with Gasteiger partial charge in [0.2, 0.25) is 0 Å².